The molecule has 0 fully saturated rings. The van der Waals surface area contributed by atoms with Gasteiger partial charge in [-0.1, -0.05) is 147 Å². The summed E-state index contributed by atoms with van der Waals surface area (Å²) in [6.07, 6.45) is 17.0. The summed E-state index contributed by atoms with van der Waals surface area (Å²) < 4.78 is 33.3. The van der Waals surface area contributed by atoms with Crippen molar-refractivity contribution in [3.63, 3.8) is 0 Å². The lowest BCUT2D eigenvalue weighted by Gasteiger charge is -2.26. The molecule has 0 aliphatic rings. The molecule has 9 heteroatoms. The lowest BCUT2D eigenvalue weighted by Crippen LogP contribution is -2.16. The number of fused-ring (bicyclic) bond motifs is 3. The van der Waals surface area contributed by atoms with Crippen molar-refractivity contribution in [2.75, 3.05) is 19.8 Å². The number of hydrogen-bond acceptors (Lipinski definition) is 9. The van der Waals surface area contributed by atoms with E-state index >= 15 is 0 Å². The predicted octanol–water partition coefficient (Wildman–Crippen LogP) is 18.3. The summed E-state index contributed by atoms with van der Waals surface area (Å²) in [7, 11) is 0. The number of benzene rings is 2. The van der Waals surface area contributed by atoms with Crippen molar-refractivity contribution in [2.45, 2.75) is 184 Å². The Labute approximate surface area is 390 Å². The third kappa shape index (κ3) is 11.2. The van der Waals surface area contributed by atoms with E-state index in [1.165, 1.54) is 128 Å². The third-order valence-electron chi connectivity index (χ3n) is 12.6. The van der Waals surface area contributed by atoms with Crippen LogP contribution in [0.1, 0.15) is 182 Å². The second-order valence-corrected chi connectivity index (χ2v) is 23.5. The summed E-state index contributed by atoms with van der Waals surface area (Å²) in [5.74, 6) is 4.12. The molecular formula is C53H76N2O3S4. The van der Waals surface area contributed by atoms with Crippen LogP contribution >= 0.6 is 45.7 Å². The van der Waals surface area contributed by atoms with Gasteiger partial charge in [0.25, 0.3) is 0 Å². The quantitative estimate of drug-likeness (QED) is 0.0566. The Morgan fingerprint density at radius 3 is 1.73 bits per heavy atom. The number of aromatic nitrogens is 2. The Morgan fingerprint density at radius 2 is 1.13 bits per heavy atom. The van der Waals surface area contributed by atoms with Crippen LogP contribution in [-0.4, -0.2) is 28.6 Å². The highest BCUT2D eigenvalue weighted by Crippen LogP contribution is 2.54. The fourth-order valence-corrected chi connectivity index (χ4v) is 12.8. The zero-order chi connectivity index (χ0) is 44.6. The molecule has 0 saturated carbocycles. The van der Waals surface area contributed by atoms with Gasteiger partial charge in [0.2, 0.25) is 0 Å². The summed E-state index contributed by atoms with van der Waals surface area (Å²) in [5.41, 5.74) is 5.31. The molecular weight excluding hydrogens is 841 g/mol. The highest BCUT2D eigenvalue weighted by atomic mass is 32.1. The molecule has 0 bridgehead atoms. The van der Waals surface area contributed by atoms with E-state index < -0.39 is 0 Å². The van der Waals surface area contributed by atoms with Gasteiger partial charge in [0.05, 0.1) is 40.9 Å². The van der Waals surface area contributed by atoms with Crippen LogP contribution in [0, 0.1) is 18.8 Å². The summed E-state index contributed by atoms with van der Waals surface area (Å²) in [4.78, 5) is 5.05. The first-order valence-corrected chi connectivity index (χ1v) is 27.2. The van der Waals surface area contributed by atoms with Crippen molar-refractivity contribution in [3.05, 3.63) is 40.3 Å². The molecule has 0 spiro atoms. The lowest BCUT2D eigenvalue weighted by atomic mass is 9.82. The van der Waals surface area contributed by atoms with Crippen LogP contribution in [-0.2, 0) is 10.8 Å². The highest BCUT2D eigenvalue weighted by Gasteiger charge is 2.31. The molecule has 0 saturated heterocycles. The van der Waals surface area contributed by atoms with Gasteiger partial charge in [0.15, 0.2) is 0 Å². The van der Waals surface area contributed by atoms with Gasteiger partial charge >= 0.3 is 0 Å². The van der Waals surface area contributed by atoms with Gasteiger partial charge in [-0.25, -0.2) is 0 Å². The van der Waals surface area contributed by atoms with Crippen molar-refractivity contribution in [1.82, 2.24) is 8.75 Å². The molecule has 62 heavy (non-hydrogen) atoms. The average molecular weight is 917 g/mol. The smallest absolute Gasteiger partial charge is 0.146 e. The van der Waals surface area contributed by atoms with Crippen molar-refractivity contribution in [1.29, 1.82) is 0 Å². The van der Waals surface area contributed by atoms with E-state index in [0.29, 0.717) is 11.8 Å². The topological polar surface area (TPSA) is 53.5 Å². The van der Waals surface area contributed by atoms with Crippen LogP contribution in [0.3, 0.4) is 0 Å². The van der Waals surface area contributed by atoms with Crippen molar-refractivity contribution in [2.24, 2.45) is 11.8 Å². The monoisotopic (exact) mass is 916 g/mol. The first kappa shape index (κ1) is 48.7. The largest absolute Gasteiger partial charge is 0.493 e. The summed E-state index contributed by atoms with van der Waals surface area (Å²) in [6, 6.07) is 9.41. The van der Waals surface area contributed by atoms with E-state index in [9.17, 15) is 0 Å². The van der Waals surface area contributed by atoms with Gasteiger partial charge in [0, 0.05) is 47.0 Å². The van der Waals surface area contributed by atoms with Gasteiger partial charge in [-0.3, -0.25) is 0 Å². The molecule has 6 aromatic rings. The van der Waals surface area contributed by atoms with Gasteiger partial charge in [0.1, 0.15) is 28.3 Å². The maximum absolute atomic E-state index is 7.10. The molecule has 2 aromatic carbocycles. The Morgan fingerprint density at radius 1 is 0.565 bits per heavy atom. The fraction of sp³-hybridized carbons (Fsp3) is 0.623. The van der Waals surface area contributed by atoms with Crippen LogP contribution in [0.2, 0.25) is 0 Å². The molecule has 0 aliphatic heterocycles. The van der Waals surface area contributed by atoms with Gasteiger partial charge in [-0.2, -0.15) is 8.75 Å². The molecule has 4 heterocycles. The fourth-order valence-electron chi connectivity index (χ4n) is 8.62. The number of unbranched alkanes of at least 4 members (excludes halogenated alkanes) is 7. The van der Waals surface area contributed by atoms with Crippen LogP contribution in [0.5, 0.6) is 17.2 Å². The summed E-state index contributed by atoms with van der Waals surface area (Å²) in [6.45, 7) is 29.7. The molecule has 0 aliphatic carbocycles. The van der Waals surface area contributed by atoms with E-state index in [-0.39, 0.29) is 10.8 Å². The Hall–Kier alpha value is -2.72. The first-order chi connectivity index (χ1) is 29.7. The number of rotatable bonds is 24. The van der Waals surface area contributed by atoms with Crippen molar-refractivity contribution >= 4 is 76.9 Å². The Kier molecular flexibility index (Phi) is 17.3. The molecule has 2 unspecified atom stereocenters. The predicted molar refractivity (Wildman–Crippen MR) is 276 cm³/mol. The molecule has 0 N–H and O–H groups in total. The zero-order valence-corrected chi connectivity index (χ0v) is 43.5. The molecule has 6 rings (SSSR count). The molecule has 5 nitrogen and oxygen atoms in total. The number of nitrogens with zero attached hydrogens (tertiary/aromatic N) is 2. The number of ether oxygens (including phenoxy) is 3. The van der Waals surface area contributed by atoms with Gasteiger partial charge in [-0.15, -0.1) is 34.0 Å². The average Bonchev–Trinajstić information content (AvgIpc) is 4.07. The normalized spacial score (nSPS) is 13.5. The van der Waals surface area contributed by atoms with E-state index in [1.54, 1.807) is 0 Å². The van der Waals surface area contributed by atoms with Crippen LogP contribution in [0.25, 0.3) is 51.4 Å². The summed E-state index contributed by atoms with van der Waals surface area (Å²) in [5, 5.41) is 2.38. The van der Waals surface area contributed by atoms with E-state index in [2.05, 4.69) is 107 Å². The molecule has 2 atom stereocenters. The van der Waals surface area contributed by atoms with Crippen molar-refractivity contribution in [3.8, 4) is 37.4 Å². The zero-order valence-electron chi connectivity index (χ0n) is 40.2. The van der Waals surface area contributed by atoms with E-state index in [0.717, 1.165) is 78.5 Å². The SMILES string of the molecule is CCCCCCCCOc1c(C)c(-c2ccc(-c3cc4c(OCC(CC)CCCC)c5sc(C(C)(C)C)cc5c(OCC(CC)CCCC)c4s3)s2)c2nsnc2c1C(C)(C)C. The standard InChI is InChI=1S/C53H76N2O3S4/c1-13-18-21-22-23-24-29-56-47-34(6)43(45-46(55-62-54-45)44(47)53(10,11)12)40-28-27-39(59-40)41-30-37-48(57-32-35(16-4)25-19-14-2)51-38(31-42(61-51)52(7,8)9)49(50(37)60-41)58-33-36(17-5)26-20-15-3/h27-28,30-31,35-36H,13-26,29,32-33H2,1-12H3. The Bertz CT molecular complexity index is 2270. The van der Waals surface area contributed by atoms with Crippen LogP contribution in [0.4, 0.5) is 0 Å². The summed E-state index contributed by atoms with van der Waals surface area (Å²) >= 11 is 6.91. The van der Waals surface area contributed by atoms with E-state index in [1.807, 2.05) is 34.0 Å². The van der Waals surface area contributed by atoms with Crippen molar-refractivity contribution < 1.29 is 14.2 Å². The van der Waals surface area contributed by atoms with E-state index in [4.69, 9.17) is 23.0 Å². The maximum atomic E-state index is 7.10. The molecule has 4 aromatic heterocycles. The second kappa shape index (κ2) is 22.0. The lowest BCUT2D eigenvalue weighted by molar-refractivity contribution is 0.235. The molecule has 340 valence electrons. The minimum Gasteiger partial charge on any atom is -0.493 e. The van der Waals surface area contributed by atoms with Gasteiger partial charge in [-0.05, 0) is 73.1 Å². The number of thiophene rings is 3. The molecule has 0 radical (unpaired) electrons. The third-order valence-corrected chi connectivity index (χ3v) is 17.1. The Balaban J connectivity index is 1.46. The van der Waals surface area contributed by atoms with Crippen LogP contribution < -0.4 is 14.2 Å². The second-order valence-electron chi connectivity index (χ2n) is 19.8. The van der Waals surface area contributed by atoms with Crippen LogP contribution in [0.15, 0.2) is 24.3 Å². The van der Waals surface area contributed by atoms with Gasteiger partial charge < -0.3 is 14.2 Å². The first-order valence-electron chi connectivity index (χ1n) is 24.1. The maximum Gasteiger partial charge on any atom is 0.146 e. The number of hydrogen-bond donors (Lipinski definition) is 0. The minimum absolute atomic E-state index is 0.0188. The minimum atomic E-state index is -0.146. The highest BCUT2D eigenvalue weighted by molar-refractivity contribution is 7.27. The molecule has 0 amide bonds.